The Balaban J connectivity index is 2.37. The Bertz CT molecular complexity index is 537. The highest BCUT2D eigenvalue weighted by Crippen LogP contribution is 2.39. The van der Waals surface area contributed by atoms with Crippen LogP contribution in [0.25, 0.3) is 5.57 Å². The van der Waals surface area contributed by atoms with Crippen LogP contribution in [0.4, 0.5) is 0 Å². The van der Waals surface area contributed by atoms with Gasteiger partial charge in [0.1, 0.15) is 13.2 Å². The number of aliphatic carboxylic acids is 1. The van der Waals surface area contributed by atoms with E-state index >= 15 is 0 Å². The molecule has 1 N–H and O–H groups in total. The van der Waals surface area contributed by atoms with Crippen molar-refractivity contribution in [2.45, 2.75) is 26.2 Å². The number of rotatable bonds is 5. The topological polar surface area (TPSA) is 55.8 Å². The van der Waals surface area contributed by atoms with Gasteiger partial charge in [-0.3, -0.25) is 4.79 Å². The highest BCUT2D eigenvalue weighted by Gasteiger charge is 2.17. The zero-order valence-corrected chi connectivity index (χ0v) is 12.1. The normalized spacial score (nSPS) is 14.2. The Morgan fingerprint density at radius 1 is 1.35 bits per heavy atom. The summed E-state index contributed by atoms with van der Waals surface area (Å²) in [5.41, 5.74) is 1.75. The van der Waals surface area contributed by atoms with E-state index in [0.717, 1.165) is 24.0 Å². The van der Waals surface area contributed by atoms with Crippen LogP contribution < -0.4 is 9.47 Å². The average molecular weight is 297 g/mol. The monoisotopic (exact) mass is 296 g/mol. The second-order valence-corrected chi connectivity index (χ2v) is 4.96. The van der Waals surface area contributed by atoms with E-state index in [4.69, 9.17) is 26.2 Å². The van der Waals surface area contributed by atoms with Crippen molar-refractivity contribution in [1.29, 1.82) is 0 Å². The first-order chi connectivity index (χ1) is 9.61. The third-order valence-corrected chi connectivity index (χ3v) is 3.33. The van der Waals surface area contributed by atoms with Crippen LogP contribution in [0.1, 0.15) is 31.7 Å². The molecule has 1 aliphatic heterocycles. The summed E-state index contributed by atoms with van der Waals surface area (Å²) >= 11 is 6.28. The van der Waals surface area contributed by atoms with E-state index < -0.39 is 5.97 Å². The van der Waals surface area contributed by atoms with E-state index in [1.807, 2.05) is 13.0 Å². The van der Waals surface area contributed by atoms with Crippen molar-refractivity contribution in [2.75, 3.05) is 13.2 Å². The third-order valence-electron chi connectivity index (χ3n) is 3.02. The highest BCUT2D eigenvalue weighted by molar-refractivity contribution is 6.32. The van der Waals surface area contributed by atoms with E-state index in [1.165, 1.54) is 0 Å². The van der Waals surface area contributed by atoms with Gasteiger partial charge in [-0.25, -0.2) is 0 Å². The molecule has 1 heterocycles. The van der Waals surface area contributed by atoms with Crippen molar-refractivity contribution in [3.05, 3.63) is 28.8 Å². The van der Waals surface area contributed by atoms with Gasteiger partial charge in [-0.2, -0.15) is 0 Å². The highest BCUT2D eigenvalue weighted by atomic mass is 35.5. The predicted molar refractivity (Wildman–Crippen MR) is 77.6 cm³/mol. The number of benzene rings is 1. The van der Waals surface area contributed by atoms with E-state index in [9.17, 15) is 4.79 Å². The number of carbonyl (C=O) groups is 1. The predicted octanol–water partition coefficient (Wildman–Crippen LogP) is 3.77. The van der Waals surface area contributed by atoms with Gasteiger partial charge in [0.2, 0.25) is 0 Å². The van der Waals surface area contributed by atoms with Gasteiger partial charge in [0.25, 0.3) is 0 Å². The van der Waals surface area contributed by atoms with Gasteiger partial charge in [0.15, 0.2) is 11.5 Å². The molecule has 108 valence electrons. The first-order valence-corrected chi connectivity index (χ1v) is 7.00. The molecule has 0 unspecified atom stereocenters. The third kappa shape index (κ3) is 3.45. The summed E-state index contributed by atoms with van der Waals surface area (Å²) in [6, 6.07) is 3.57. The summed E-state index contributed by atoms with van der Waals surface area (Å²) in [7, 11) is 0. The molecule has 2 rings (SSSR count). The maximum Gasteiger partial charge on any atom is 0.307 e. The van der Waals surface area contributed by atoms with Crippen LogP contribution in [0.2, 0.25) is 5.02 Å². The Kier molecular flexibility index (Phi) is 4.90. The van der Waals surface area contributed by atoms with Gasteiger partial charge in [0.05, 0.1) is 11.4 Å². The largest absolute Gasteiger partial charge is 0.486 e. The van der Waals surface area contributed by atoms with Crippen molar-refractivity contribution in [3.63, 3.8) is 0 Å². The van der Waals surface area contributed by atoms with Gasteiger partial charge in [-0.1, -0.05) is 31.0 Å². The van der Waals surface area contributed by atoms with Gasteiger partial charge >= 0.3 is 5.97 Å². The minimum Gasteiger partial charge on any atom is -0.486 e. The maximum atomic E-state index is 10.7. The fourth-order valence-corrected chi connectivity index (χ4v) is 2.41. The first-order valence-electron chi connectivity index (χ1n) is 6.62. The number of halogens is 1. The van der Waals surface area contributed by atoms with Crippen LogP contribution in [0.3, 0.4) is 0 Å². The molecule has 1 aromatic carbocycles. The molecule has 0 radical (unpaired) electrons. The minimum absolute atomic E-state index is 0.0138. The fraction of sp³-hybridized carbons (Fsp3) is 0.400. The van der Waals surface area contributed by atoms with E-state index in [0.29, 0.717) is 29.7 Å². The molecule has 0 fully saturated rings. The van der Waals surface area contributed by atoms with Crippen molar-refractivity contribution in [1.82, 2.24) is 0 Å². The van der Waals surface area contributed by atoms with Crippen LogP contribution in [0.5, 0.6) is 11.5 Å². The summed E-state index contributed by atoms with van der Waals surface area (Å²) in [5, 5.41) is 9.37. The number of hydrogen-bond donors (Lipinski definition) is 1. The van der Waals surface area contributed by atoms with Crippen LogP contribution in [-0.4, -0.2) is 24.3 Å². The molecule has 5 heteroatoms. The van der Waals surface area contributed by atoms with Crippen molar-refractivity contribution >= 4 is 23.1 Å². The van der Waals surface area contributed by atoms with Crippen LogP contribution in [0, 0.1) is 0 Å². The summed E-state index contributed by atoms with van der Waals surface area (Å²) < 4.78 is 11.0. The Hall–Kier alpha value is -1.68. The Morgan fingerprint density at radius 2 is 2.00 bits per heavy atom. The molecule has 0 bridgehead atoms. The lowest BCUT2D eigenvalue weighted by Gasteiger charge is -2.20. The quantitative estimate of drug-likeness (QED) is 0.898. The number of allylic oxidation sites excluding steroid dienone is 1. The molecule has 4 nitrogen and oxygen atoms in total. The molecule has 1 aliphatic rings. The summed E-state index contributed by atoms with van der Waals surface area (Å²) in [6.45, 7) is 3.07. The van der Waals surface area contributed by atoms with Crippen LogP contribution in [0.15, 0.2) is 18.2 Å². The fourth-order valence-electron chi connectivity index (χ4n) is 2.14. The van der Waals surface area contributed by atoms with Crippen molar-refractivity contribution < 1.29 is 19.4 Å². The lowest BCUT2D eigenvalue weighted by molar-refractivity contribution is -0.135. The Labute approximate surface area is 123 Å². The average Bonchev–Trinajstić information content (AvgIpc) is 2.42. The number of hydrogen-bond acceptors (Lipinski definition) is 3. The molecule has 0 amide bonds. The molecule has 0 atom stereocenters. The molecule has 20 heavy (non-hydrogen) atoms. The van der Waals surface area contributed by atoms with Crippen LogP contribution in [-0.2, 0) is 4.79 Å². The molecule has 0 aliphatic carbocycles. The second-order valence-electron chi connectivity index (χ2n) is 4.55. The molecule has 0 saturated heterocycles. The smallest absolute Gasteiger partial charge is 0.307 e. The molecular formula is C15H17ClO4. The molecule has 0 saturated carbocycles. The summed E-state index contributed by atoms with van der Waals surface area (Å²) in [6.07, 6.45) is 3.38. The van der Waals surface area contributed by atoms with Gasteiger partial charge in [-0.05, 0) is 23.6 Å². The maximum absolute atomic E-state index is 10.7. The van der Waals surface area contributed by atoms with Gasteiger partial charge in [0, 0.05) is 6.07 Å². The zero-order valence-electron chi connectivity index (χ0n) is 11.3. The van der Waals surface area contributed by atoms with Crippen molar-refractivity contribution in [3.8, 4) is 11.5 Å². The van der Waals surface area contributed by atoms with Gasteiger partial charge < -0.3 is 14.6 Å². The van der Waals surface area contributed by atoms with E-state index in [-0.39, 0.29) is 6.42 Å². The van der Waals surface area contributed by atoms with E-state index in [2.05, 4.69) is 0 Å². The molecular weight excluding hydrogens is 280 g/mol. The lowest BCUT2D eigenvalue weighted by atomic mass is 9.99. The number of ether oxygens (including phenoxy) is 2. The zero-order chi connectivity index (χ0) is 14.5. The van der Waals surface area contributed by atoms with Gasteiger partial charge in [-0.15, -0.1) is 0 Å². The number of carboxylic acid groups (broad SMARTS) is 1. The summed E-state index contributed by atoms with van der Waals surface area (Å²) in [5.74, 6) is 0.444. The molecule has 1 aromatic rings. The number of carboxylic acids is 1. The SMILES string of the molecule is CCC/C(=C\CC(=O)O)c1cc2c(cc1Cl)OCCO2. The lowest BCUT2D eigenvalue weighted by Crippen LogP contribution is -2.15. The molecule has 0 aromatic heterocycles. The van der Waals surface area contributed by atoms with Crippen molar-refractivity contribution in [2.24, 2.45) is 0 Å². The first kappa shape index (κ1) is 14.7. The molecule has 0 spiro atoms. The standard InChI is InChI=1S/C15H17ClO4/c1-2-3-10(4-5-15(17)18)11-8-13-14(9-12(11)16)20-7-6-19-13/h4,8-9H,2-3,5-7H2,1H3,(H,17,18)/b10-4+. The minimum atomic E-state index is -0.854. The summed E-state index contributed by atoms with van der Waals surface area (Å²) in [4.78, 5) is 10.7. The van der Waals surface area contributed by atoms with E-state index in [1.54, 1.807) is 12.1 Å². The van der Waals surface area contributed by atoms with Crippen LogP contribution >= 0.6 is 11.6 Å². The second kappa shape index (κ2) is 6.66. The Morgan fingerprint density at radius 3 is 2.60 bits per heavy atom. The number of fused-ring (bicyclic) bond motifs is 1.